The first-order valence-electron chi connectivity index (χ1n) is 4.17. The van der Waals surface area contributed by atoms with Crippen LogP contribution in [0.25, 0.3) is 0 Å². The van der Waals surface area contributed by atoms with Crippen LogP contribution in [0.1, 0.15) is 30.3 Å². The maximum Gasteiger partial charge on any atom is 0.0847 e. The number of fused-ring (bicyclic) bond motifs is 1. The molecular formula is C10H12O2. The van der Waals surface area contributed by atoms with Crippen LogP contribution in [-0.2, 0) is 0 Å². The minimum Gasteiger partial charge on any atom is -0.388 e. The predicted molar refractivity (Wildman–Crippen MR) is 45.5 cm³/mol. The molecule has 0 spiro atoms. The summed E-state index contributed by atoms with van der Waals surface area (Å²) in [5, 5.41) is 19.3. The number of hydrogen-bond donors (Lipinski definition) is 2. The second-order valence-electron chi connectivity index (χ2n) is 3.38. The summed E-state index contributed by atoms with van der Waals surface area (Å²) in [7, 11) is 0. The zero-order valence-electron chi connectivity index (χ0n) is 6.94. The first kappa shape index (κ1) is 7.77. The largest absolute Gasteiger partial charge is 0.388 e. The molecule has 0 unspecified atom stereocenters. The van der Waals surface area contributed by atoms with E-state index in [0.29, 0.717) is 0 Å². The third-order valence-corrected chi connectivity index (χ3v) is 2.63. The Kier molecular flexibility index (Phi) is 1.67. The monoisotopic (exact) mass is 164 g/mol. The van der Waals surface area contributed by atoms with E-state index in [9.17, 15) is 10.2 Å². The van der Waals surface area contributed by atoms with E-state index in [1.54, 1.807) is 0 Å². The lowest BCUT2D eigenvalue weighted by Crippen LogP contribution is -2.06. The van der Waals surface area contributed by atoms with Gasteiger partial charge in [-0.25, -0.2) is 0 Å². The SMILES string of the molecule is CC1[C@@H](O)c2ccccc2[C@@H]1O. The van der Waals surface area contributed by atoms with E-state index in [1.807, 2.05) is 31.2 Å². The van der Waals surface area contributed by atoms with Crippen molar-refractivity contribution in [1.29, 1.82) is 0 Å². The van der Waals surface area contributed by atoms with Crippen molar-refractivity contribution in [2.75, 3.05) is 0 Å². The van der Waals surface area contributed by atoms with Crippen LogP contribution in [0.2, 0.25) is 0 Å². The molecule has 0 saturated carbocycles. The highest BCUT2D eigenvalue weighted by Gasteiger charge is 2.34. The third-order valence-electron chi connectivity index (χ3n) is 2.63. The van der Waals surface area contributed by atoms with Crippen molar-refractivity contribution in [1.82, 2.24) is 0 Å². The minimum atomic E-state index is -0.504. The van der Waals surface area contributed by atoms with E-state index < -0.39 is 12.2 Å². The minimum absolute atomic E-state index is 0.0811. The molecule has 0 saturated heterocycles. The number of benzene rings is 1. The van der Waals surface area contributed by atoms with E-state index in [4.69, 9.17) is 0 Å². The Hall–Kier alpha value is -0.860. The van der Waals surface area contributed by atoms with Gasteiger partial charge in [0.2, 0.25) is 0 Å². The number of aliphatic hydroxyl groups is 2. The van der Waals surface area contributed by atoms with Gasteiger partial charge in [0.05, 0.1) is 12.2 Å². The molecule has 1 aliphatic rings. The number of rotatable bonds is 0. The van der Waals surface area contributed by atoms with Gasteiger partial charge in [-0.2, -0.15) is 0 Å². The third kappa shape index (κ3) is 0.886. The highest BCUT2D eigenvalue weighted by Crippen LogP contribution is 2.42. The average molecular weight is 164 g/mol. The summed E-state index contributed by atoms with van der Waals surface area (Å²) in [6.07, 6.45) is -1.01. The van der Waals surface area contributed by atoms with E-state index >= 15 is 0 Å². The van der Waals surface area contributed by atoms with Crippen molar-refractivity contribution in [2.24, 2.45) is 5.92 Å². The van der Waals surface area contributed by atoms with Gasteiger partial charge in [-0.1, -0.05) is 31.2 Å². The Balaban J connectivity index is 2.52. The summed E-state index contributed by atoms with van der Waals surface area (Å²) in [5.41, 5.74) is 1.75. The van der Waals surface area contributed by atoms with Crippen molar-refractivity contribution in [2.45, 2.75) is 19.1 Å². The first-order valence-corrected chi connectivity index (χ1v) is 4.17. The van der Waals surface area contributed by atoms with Gasteiger partial charge in [-0.05, 0) is 11.1 Å². The topological polar surface area (TPSA) is 40.5 Å². The first-order chi connectivity index (χ1) is 5.72. The summed E-state index contributed by atoms with van der Waals surface area (Å²) in [6, 6.07) is 7.50. The molecule has 1 aromatic carbocycles. The Bertz CT molecular complexity index is 267. The molecule has 0 heterocycles. The van der Waals surface area contributed by atoms with Crippen molar-refractivity contribution in [3.05, 3.63) is 35.4 Å². The van der Waals surface area contributed by atoms with Gasteiger partial charge < -0.3 is 10.2 Å². The molecule has 1 aliphatic carbocycles. The molecule has 2 atom stereocenters. The molecule has 0 fully saturated rings. The second-order valence-corrected chi connectivity index (χ2v) is 3.38. The van der Waals surface area contributed by atoms with Crippen molar-refractivity contribution in [3.63, 3.8) is 0 Å². The molecule has 0 bridgehead atoms. The van der Waals surface area contributed by atoms with Crippen molar-refractivity contribution < 1.29 is 10.2 Å². The number of hydrogen-bond acceptors (Lipinski definition) is 2. The van der Waals surface area contributed by atoms with E-state index in [0.717, 1.165) is 11.1 Å². The molecule has 64 valence electrons. The Morgan fingerprint density at radius 3 is 1.83 bits per heavy atom. The van der Waals surface area contributed by atoms with Crippen LogP contribution in [0, 0.1) is 5.92 Å². The highest BCUT2D eigenvalue weighted by molar-refractivity contribution is 5.36. The van der Waals surface area contributed by atoms with Gasteiger partial charge in [0.15, 0.2) is 0 Å². The van der Waals surface area contributed by atoms with Gasteiger partial charge in [-0.15, -0.1) is 0 Å². The van der Waals surface area contributed by atoms with Crippen LogP contribution in [0.15, 0.2) is 24.3 Å². The molecule has 2 heteroatoms. The fraction of sp³-hybridized carbons (Fsp3) is 0.400. The van der Waals surface area contributed by atoms with Crippen LogP contribution in [0.4, 0.5) is 0 Å². The van der Waals surface area contributed by atoms with Crippen LogP contribution >= 0.6 is 0 Å². The van der Waals surface area contributed by atoms with Crippen LogP contribution in [0.5, 0.6) is 0 Å². The van der Waals surface area contributed by atoms with Gasteiger partial charge in [-0.3, -0.25) is 0 Å². The van der Waals surface area contributed by atoms with Crippen LogP contribution in [0.3, 0.4) is 0 Å². The Morgan fingerprint density at radius 2 is 1.42 bits per heavy atom. The van der Waals surface area contributed by atoms with E-state index in [-0.39, 0.29) is 5.92 Å². The quantitative estimate of drug-likeness (QED) is 0.608. The van der Waals surface area contributed by atoms with Gasteiger partial charge >= 0.3 is 0 Å². The molecule has 2 rings (SSSR count). The van der Waals surface area contributed by atoms with Gasteiger partial charge in [0.1, 0.15) is 0 Å². The Morgan fingerprint density at radius 1 is 1.00 bits per heavy atom. The zero-order valence-corrected chi connectivity index (χ0v) is 6.94. The predicted octanol–water partition coefficient (Wildman–Crippen LogP) is 1.40. The molecule has 1 aromatic rings. The molecule has 12 heavy (non-hydrogen) atoms. The maximum atomic E-state index is 9.66. The Labute approximate surface area is 71.5 Å². The fourth-order valence-corrected chi connectivity index (χ4v) is 1.79. The summed E-state index contributed by atoms with van der Waals surface area (Å²) >= 11 is 0. The summed E-state index contributed by atoms with van der Waals surface area (Å²) in [4.78, 5) is 0. The van der Waals surface area contributed by atoms with Crippen LogP contribution in [-0.4, -0.2) is 10.2 Å². The summed E-state index contributed by atoms with van der Waals surface area (Å²) in [5.74, 6) is -0.0811. The molecule has 2 nitrogen and oxygen atoms in total. The second kappa shape index (κ2) is 2.57. The molecule has 0 amide bonds. The summed E-state index contributed by atoms with van der Waals surface area (Å²) < 4.78 is 0. The average Bonchev–Trinajstić information content (AvgIpc) is 2.33. The molecular weight excluding hydrogens is 152 g/mol. The van der Waals surface area contributed by atoms with E-state index in [2.05, 4.69) is 0 Å². The van der Waals surface area contributed by atoms with Gasteiger partial charge in [0.25, 0.3) is 0 Å². The zero-order chi connectivity index (χ0) is 8.72. The normalized spacial score (nSPS) is 28.9. The highest BCUT2D eigenvalue weighted by atomic mass is 16.3. The van der Waals surface area contributed by atoms with Gasteiger partial charge in [0, 0.05) is 5.92 Å². The molecule has 0 aromatic heterocycles. The smallest absolute Gasteiger partial charge is 0.0847 e. The number of aliphatic hydroxyl groups excluding tert-OH is 2. The standard InChI is InChI=1S/C10H12O2/c1-6-9(11)7-4-2-3-5-8(7)10(6)12/h2-6,9-12H,1H3/t9-,10-/m1/s1. The lowest BCUT2D eigenvalue weighted by Gasteiger charge is -2.11. The molecule has 0 radical (unpaired) electrons. The van der Waals surface area contributed by atoms with Crippen molar-refractivity contribution in [3.8, 4) is 0 Å². The maximum absolute atomic E-state index is 9.66. The fourth-order valence-electron chi connectivity index (χ4n) is 1.79. The van der Waals surface area contributed by atoms with E-state index in [1.165, 1.54) is 0 Å². The molecule has 2 N–H and O–H groups in total. The van der Waals surface area contributed by atoms with Crippen molar-refractivity contribution >= 4 is 0 Å². The lowest BCUT2D eigenvalue weighted by molar-refractivity contribution is 0.0453. The lowest BCUT2D eigenvalue weighted by atomic mass is 10.0. The summed E-state index contributed by atoms with van der Waals surface area (Å²) in [6.45, 7) is 1.86. The van der Waals surface area contributed by atoms with Crippen LogP contribution < -0.4 is 0 Å². The molecule has 0 aliphatic heterocycles.